The molecule has 0 radical (unpaired) electrons. The molecule has 0 bridgehead atoms. The van der Waals surface area contributed by atoms with Crippen LogP contribution in [-0.4, -0.2) is 43.3 Å². The van der Waals surface area contributed by atoms with Crippen LogP contribution in [0.25, 0.3) is 0 Å². The summed E-state index contributed by atoms with van der Waals surface area (Å²) in [6, 6.07) is 24.1. The molecule has 3 rings (SSSR count). The van der Waals surface area contributed by atoms with Crippen molar-refractivity contribution in [3.05, 3.63) is 95.6 Å². The van der Waals surface area contributed by atoms with Crippen molar-refractivity contribution in [2.24, 2.45) is 0 Å². The third-order valence-electron chi connectivity index (χ3n) is 5.58. The van der Waals surface area contributed by atoms with Crippen molar-refractivity contribution in [2.75, 3.05) is 31.3 Å². The van der Waals surface area contributed by atoms with Gasteiger partial charge in [-0.1, -0.05) is 42.5 Å². The van der Waals surface area contributed by atoms with E-state index in [1.807, 2.05) is 61.5 Å². The first-order chi connectivity index (χ1) is 16.8. The van der Waals surface area contributed by atoms with E-state index in [9.17, 15) is 14.4 Å². The van der Waals surface area contributed by atoms with E-state index in [0.29, 0.717) is 24.1 Å². The van der Waals surface area contributed by atoms with Gasteiger partial charge in [0.05, 0.1) is 12.6 Å². The highest BCUT2D eigenvalue weighted by Crippen LogP contribution is 2.15. The summed E-state index contributed by atoms with van der Waals surface area (Å²) in [5, 5.41) is 8.92. The quantitative estimate of drug-likeness (QED) is 0.412. The second-order valence-electron chi connectivity index (χ2n) is 8.57. The molecule has 182 valence electrons. The lowest BCUT2D eigenvalue weighted by Crippen LogP contribution is -2.26. The fourth-order valence-corrected chi connectivity index (χ4v) is 3.51. The first kappa shape index (κ1) is 25.5. The van der Waals surface area contributed by atoms with Gasteiger partial charge in [0, 0.05) is 37.5 Å². The van der Waals surface area contributed by atoms with Crippen LogP contribution in [-0.2, 0) is 16.0 Å². The highest BCUT2D eigenvalue weighted by Gasteiger charge is 2.12. The fraction of sp³-hybridized carbons (Fsp3) is 0.250. The van der Waals surface area contributed by atoms with Crippen LogP contribution in [0.2, 0.25) is 0 Å². The maximum atomic E-state index is 12.5. The minimum Gasteiger partial charge on any atom is -0.376 e. The Bertz CT molecular complexity index is 1140. The monoisotopic (exact) mass is 472 g/mol. The van der Waals surface area contributed by atoms with Gasteiger partial charge in [0.25, 0.3) is 5.91 Å². The molecule has 0 saturated carbocycles. The van der Waals surface area contributed by atoms with Crippen LogP contribution in [0.15, 0.2) is 78.9 Å². The fourth-order valence-electron chi connectivity index (χ4n) is 3.51. The topological polar surface area (TPSA) is 90.5 Å². The standard InChI is InChI=1S/C28H32N4O3/c1-20(22-9-5-4-6-10-22)30-28(35)23-13-15-24(16-14-23)31-26(33)19-29-25-11-7-8-21(18-25)12-17-27(34)32(2)3/h4-11,13-16,18,20,29H,12,17,19H2,1-3H3,(H,30,35)(H,31,33). The third-order valence-corrected chi connectivity index (χ3v) is 5.58. The summed E-state index contributed by atoms with van der Waals surface area (Å²) < 4.78 is 0. The molecule has 3 aromatic rings. The molecule has 0 aliphatic rings. The lowest BCUT2D eigenvalue weighted by Gasteiger charge is -2.14. The number of nitrogens with one attached hydrogen (secondary N) is 3. The van der Waals surface area contributed by atoms with E-state index in [0.717, 1.165) is 16.8 Å². The number of amides is 3. The smallest absolute Gasteiger partial charge is 0.251 e. The molecule has 0 aromatic heterocycles. The number of rotatable bonds is 10. The molecule has 0 spiro atoms. The zero-order valence-electron chi connectivity index (χ0n) is 20.4. The van der Waals surface area contributed by atoms with Gasteiger partial charge in [-0.15, -0.1) is 0 Å². The van der Waals surface area contributed by atoms with Gasteiger partial charge >= 0.3 is 0 Å². The molecular weight excluding hydrogens is 440 g/mol. The lowest BCUT2D eigenvalue weighted by atomic mass is 10.1. The molecule has 3 amide bonds. The van der Waals surface area contributed by atoms with Gasteiger partial charge in [0.2, 0.25) is 11.8 Å². The average molecular weight is 473 g/mol. The Balaban J connectivity index is 1.47. The van der Waals surface area contributed by atoms with Crippen molar-refractivity contribution >= 4 is 29.1 Å². The normalized spacial score (nSPS) is 11.3. The van der Waals surface area contributed by atoms with Gasteiger partial charge in [-0.25, -0.2) is 0 Å². The van der Waals surface area contributed by atoms with Gasteiger partial charge in [-0.05, 0) is 60.9 Å². The summed E-state index contributed by atoms with van der Waals surface area (Å²) in [4.78, 5) is 38.3. The second-order valence-corrected chi connectivity index (χ2v) is 8.57. The number of hydrogen-bond acceptors (Lipinski definition) is 4. The van der Waals surface area contributed by atoms with E-state index in [1.165, 1.54) is 0 Å². The minimum atomic E-state index is -0.201. The summed E-state index contributed by atoms with van der Waals surface area (Å²) >= 11 is 0. The maximum Gasteiger partial charge on any atom is 0.251 e. The van der Waals surface area contributed by atoms with Crippen molar-refractivity contribution < 1.29 is 14.4 Å². The van der Waals surface area contributed by atoms with Gasteiger partial charge < -0.3 is 20.9 Å². The Hall–Kier alpha value is -4.13. The molecule has 0 aliphatic carbocycles. The van der Waals surface area contributed by atoms with Crippen LogP contribution in [0.1, 0.15) is 40.9 Å². The van der Waals surface area contributed by atoms with E-state index in [2.05, 4.69) is 16.0 Å². The van der Waals surface area contributed by atoms with E-state index < -0.39 is 0 Å². The average Bonchev–Trinajstić information content (AvgIpc) is 2.87. The second kappa shape index (κ2) is 12.4. The highest BCUT2D eigenvalue weighted by molar-refractivity contribution is 5.96. The van der Waals surface area contributed by atoms with E-state index in [1.54, 1.807) is 43.3 Å². The van der Waals surface area contributed by atoms with Crippen LogP contribution >= 0.6 is 0 Å². The predicted octanol–water partition coefficient (Wildman–Crippen LogP) is 4.25. The number of anilines is 2. The van der Waals surface area contributed by atoms with Crippen LogP contribution in [0.4, 0.5) is 11.4 Å². The van der Waals surface area contributed by atoms with Crippen molar-refractivity contribution in [2.45, 2.75) is 25.8 Å². The zero-order chi connectivity index (χ0) is 25.2. The van der Waals surface area contributed by atoms with Gasteiger partial charge in [0.1, 0.15) is 0 Å². The number of carbonyl (C=O) groups excluding carboxylic acids is 3. The largest absolute Gasteiger partial charge is 0.376 e. The number of hydrogen-bond donors (Lipinski definition) is 3. The summed E-state index contributed by atoms with van der Waals surface area (Å²) in [6.45, 7) is 2.03. The summed E-state index contributed by atoms with van der Waals surface area (Å²) in [6.07, 6.45) is 1.08. The number of carbonyl (C=O) groups is 3. The van der Waals surface area contributed by atoms with E-state index >= 15 is 0 Å². The molecule has 0 aliphatic heterocycles. The zero-order valence-corrected chi connectivity index (χ0v) is 20.4. The van der Waals surface area contributed by atoms with Crippen molar-refractivity contribution in [3.63, 3.8) is 0 Å². The summed E-state index contributed by atoms with van der Waals surface area (Å²) in [7, 11) is 3.49. The van der Waals surface area contributed by atoms with Crippen molar-refractivity contribution in [3.8, 4) is 0 Å². The van der Waals surface area contributed by atoms with E-state index in [4.69, 9.17) is 0 Å². The predicted molar refractivity (Wildman–Crippen MR) is 139 cm³/mol. The van der Waals surface area contributed by atoms with Crippen LogP contribution in [0.5, 0.6) is 0 Å². The first-order valence-corrected chi connectivity index (χ1v) is 11.6. The minimum absolute atomic E-state index is 0.0805. The summed E-state index contributed by atoms with van der Waals surface area (Å²) in [5.41, 5.74) is 4.01. The maximum absolute atomic E-state index is 12.5. The number of nitrogens with zero attached hydrogens (tertiary/aromatic N) is 1. The molecule has 1 atom stereocenters. The third kappa shape index (κ3) is 7.99. The van der Waals surface area contributed by atoms with Gasteiger partial charge in [-0.3, -0.25) is 14.4 Å². The van der Waals surface area contributed by atoms with Crippen LogP contribution < -0.4 is 16.0 Å². The number of aryl methyl sites for hydroxylation is 1. The SMILES string of the molecule is CC(NC(=O)c1ccc(NC(=O)CNc2cccc(CCC(=O)N(C)C)c2)cc1)c1ccccc1. The Morgan fingerprint density at radius 3 is 2.26 bits per heavy atom. The molecule has 35 heavy (non-hydrogen) atoms. The molecule has 7 nitrogen and oxygen atoms in total. The lowest BCUT2D eigenvalue weighted by molar-refractivity contribution is -0.128. The number of benzene rings is 3. The Labute approximate surface area is 206 Å². The van der Waals surface area contributed by atoms with Crippen LogP contribution in [0, 0.1) is 0 Å². The molecule has 1 unspecified atom stereocenters. The Kier molecular flexibility index (Phi) is 9.01. The van der Waals surface area contributed by atoms with Gasteiger partial charge in [-0.2, -0.15) is 0 Å². The first-order valence-electron chi connectivity index (χ1n) is 11.6. The highest BCUT2D eigenvalue weighted by atomic mass is 16.2. The molecule has 0 saturated heterocycles. The Morgan fingerprint density at radius 2 is 1.57 bits per heavy atom. The van der Waals surface area contributed by atoms with Crippen LogP contribution in [0.3, 0.4) is 0 Å². The van der Waals surface area contributed by atoms with Crippen molar-refractivity contribution in [1.82, 2.24) is 10.2 Å². The molecular formula is C28H32N4O3. The molecule has 3 aromatic carbocycles. The molecule has 3 N–H and O–H groups in total. The summed E-state index contributed by atoms with van der Waals surface area (Å²) in [5.74, 6) is -0.293. The van der Waals surface area contributed by atoms with E-state index in [-0.39, 0.29) is 30.3 Å². The molecule has 0 heterocycles. The Morgan fingerprint density at radius 1 is 0.857 bits per heavy atom. The molecule has 0 fully saturated rings. The molecule has 7 heteroatoms. The van der Waals surface area contributed by atoms with Crippen molar-refractivity contribution in [1.29, 1.82) is 0 Å². The van der Waals surface area contributed by atoms with Gasteiger partial charge in [0.15, 0.2) is 0 Å².